The third-order valence-electron chi connectivity index (χ3n) is 2.42. The van der Waals surface area contributed by atoms with Crippen LogP contribution in [0.2, 0.25) is 0 Å². The van der Waals surface area contributed by atoms with Crippen LogP contribution in [-0.4, -0.2) is 36.9 Å². The zero-order valence-corrected chi connectivity index (χ0v) is 7.74. The van der Waals surface area contributed by atoms with Gasteiger partial charge in [-0.1, -0.05) is 0 Å². The van der Waals surface area contributed by atoms with E-state index in [1.54, 1.807) is 0 Å². The molecule has 76 valence electrons. The Balaban J connectivity index is 2.11. The number of hydrogen-bond donors (Lipinski definition) is 2. The lowest BCUT2D eigenvalue weighted by Crippen LogP contribution is -2.34. The highest BCUT2D eigenvalue weighted by atomic mass is 16.5. The predicted octanol–water partition coefficient (Wildman–Crippen LogP) is 0.0525. The average molecular weight is 187 g/mol. The van der Waals surface area contributed by atoms with E-state index in [0.29, 0.717) is 12.6 Å². The second kappa shape index (κ2) is 5.94. The third-order valence-corrected chi connectivity index (χ3v) is 2.42. The summed E-state index contributed by atoms with van der Waals surface area (Å²) in [5.74, 6) is 0. The van der Waals surface area contributed by atoms with Gasteiger partial charge in [-0.3, -0.25) is 4.79 Å². The van der Waals surface area contributed by atoms with Crippen molar-refractivity contribution in [1.29, 1.82) is 0 Å². The van der Waals surface area contributed by atoms with Gasteiger partial charge in [0.15, 0.2) is 0 Å². The number of aliphatic hydroxyl groups is 1. The first-order valence-electron chi connectivity index (χ1n) is 4.79. The third kappa shape index (κ3) is 3.74. The maximum Gasteiger partial charge on any atom is 0.207 e. The summed E-state index contributed by atoms with van der Waals surface area (Å²) in [7, 11) is 0. The van der Waals surface area contributed by atoms with Gasteiger partial charge in [-0.25, -0.2) is 0 Å². The van der Waals surface area contributed by atoms with Crippen molar-refractivity contribution in [3.05, 3.63) is 0 Å². The molecular formula is C9H17NO3. The van der Waals surface area contributed by atoms with Gasteiger partial charge in [0.2, 0.25) is 6.41 Å². The Morgan fingerprint density at radius 1 is 1.38 bits per heavy atom. The number of carbonyl (C=O) groups is 1. The molecule has 0 aromatic carbocycles. The van der Waals surface area contributed by atoms with Crippen LogP contribution in [0.15, 0.2) is 0 Å². The summed E-state index contributed by atoms with van der Waals surface area (Å²) in [6.45, 7) is 0.517. The number of nitrogens with one attached hydrogen (secondary N) is 1. The van der Waals surface area contributed by atoms with Crippen LogP contribution >= 0.6 is 0 Å². The summed E-state index contributed by atoms with van der Waals surface area (Å²) in [5, 5.41) is 11.3. The minimum atomic E-state index is 0.0898. The molecule has 1 saturated carbocycles. The molecular weight excluding hydrogens is 170 g/mol. The zero-order chi connectivity index (χ0) is 9.52. The standard InChI is InChI=1S/C9H17NO3/c11-5-6-13-9-3-1-8(2-4-9)10-7-12/h7-9,11H,1-6H2,(H,10,12). The van der Waals surface area contributed by atoms with Crippen LogP contribution in [0.5, 0.6) is 0 Å². The molecule has 0 unspecified atom stereocenters. The van der Waals surface area contributed by atoms with Gasteiger partial charge in [-0.05, 0) is 25.7 Å². The molecule has 0 saturated heterocycles. The molecule has 1 amide bonds. The summed E-state index contributed by atoms with van der Waals surface area (Å²) in [5.41, 5.74) is 0. The van der Waals surface area contributed by atoms with Crippen LogP contribution in [-0.2, 0) is 9.53 Å². The van der Waals surface area contributed by atoms with Gasteiger partial charge in [-0.2, -0.15) is 0 Å². The molecule has 0 radical (unpaired) electrons. The first-order valence-corrected chi connectivity index (χ1v) is 4.79. The number of aliphatic hydroxyl groups excluding tert-OH is 1. The fourth-order valence-electron chi connectivity index (χ4n) is 1.71. The lowest BCUT2D eigenvalue weighted by atomic mass is 9.93. The van der Waals surface area contributed by atoms with Crippen molar-refractivity contribution in [2.45, 2.75) is 37.8 Å². The molecule has 1 fully saturated rings. The SMILES string of the molecule is O=CNC1CCC(OCCO)CC1. The van der Waals surface area contributed by atoms with Gasteiger partial charge in [0, 0.05) is 6.04 Å². The first-order chi connectivity index (χ1) is 6.36. The Labute approximate surface area is 78.3 Å². The Hall–Kier alpha value is -0.610. The molecule has 1 rings (SSSR count). The Morgan fingerprint density at radius 3 is 2.62 bits per heavy atom. The van der Waals surface area contributed by atoms with Gasteiger partial charge in [-0.15, -0.1) is 0 Å². The molecule has 1 aliphatic carbocycles. The Bertz CT molecular complexity index is 144. The second-order valence-electron chi connectivity index (χ2n) is 3.35. The summed E-state index contributed by atoms with van der Waals surface area (Å²) < 4.78 is 5.39. The summed E-state index contributed by atoms with van der Waals surface area (Å²) in [6, 6.07) is 0.325. The minimum absolute atomic E-state index is 0.0898. The lowest BCUT2D eigenvalue weighted by molar-refractivity contribution is -0.110. The van der Waals surface area contributed by atoms with Crippen molar-refractivity contribution < 1.29 is 14.6 Å². The fraction of sp³-hybridized carbons (Fsp3) is 0.889. The van der Waals surface area contributed by atoms with Crippen molar-refractivity contribution in [3.63, 3.8) is 0 Å². The van der Waals surface area contributed by atoms with Crippen molar-refractivity contribution in [3.8, 4) is 0 Å². The molecule has 2 N–H and O–H groups in total. The van der Waals surface area contributed by atoms with E-state index >= 15 is 0 Å². The van der Waals surface area contributed by atoms with E-state index in [0.717, 1.165) is 32.1 Å². The van der Waals surface area contributed by atoms with E-state index in [9.17, 15) is 4.79 Å². The van der Waals surface area contributed by atoms with Crippen molar-refractivity contribution in [1.82, 2.24) is 5.32 Å². The van der Waals surface area contributed by atoms with Crippen molar-refractivity contribution >= 4 is 6.41 Å². The topological polar surface area (TPSA) is 58.6 Å². The Morgan fingerprint density at radius 2 is 2.08 bits per heavy atom. The zero-order valence-electron chi connectivity index (χ0n) is 7.74. The number of ether oxygens (including phenoxy) is 1. The smallest absolute Gasteiger partial charge is 0.207 e. The van der Waals surface area contributed by atoms with Crippen molar-refractivity contribution in [2.75, 3.05) is 13.2 Å². The van der Waals surface area contributed by atoms with E-state index in [-0.39, 0.29) is 12.7 Å². The van der Waals surface area contributed by atoms with Crippen LogP contribution in [0.25, 0.3) is 0 Å². The molecule has 4 nitrogen and oxygen atoms in total. The molecule has 0 bridgehead atoms. The number of rotatable bonds is 5. The van der Waals surface area contributed by atoms with Crippen LogP contribution in [0.4, 0.5) is 0 Å². The van der Waals surface area contributed by atoms with Gasteiger partial charge >= 0.3 is 0 Å². The van der Waals surface area contributed by atoms with E-state index in [1.807, 2.05) is 0 Å². The van der Waals surface area contributed by atoms with E-state index in [1.165, 1.54) is 0 Å². The summed E-state index contributed by atoms with van der Waals surface area (Å²) in [6.07, 6.45) is 4.96. The lowest BCUT2D eigenvalue weighted by Gasteiger charge is -2.27. The monoisotopic (exact) mass is 187 g/mol. The Kier molecular flexibility index (Phi) is 4.78. The number of carbonyl (C=O) groups excluding carboxylic acids is 1. The summed E-state index contributed by atoms with van der Waals surface area (Å²) >= 11 is 0. The molecule has 0 aromatic heterocycles. The van der Waals surface area contributed by atoms with Crippen LogP contribution in [0.3, 0.4) is 0 Å². The molecule has 0 spiro atoms. The van der Waals surface area contributed by atoms with Crippen molar-refractivity contribution in [2.24, 2.45) is 0 Å². The predicted molar refractivity (Wildman–Crippen MR) is 48.3 cm³/mol. The molecule has 0 aliphatic heterocycles. The van der Waals surface area contributed by atoms with E-state index in [2.05, 4.69) is 5.32 Å². The quantitative estimate of drug-likeness (QED) is 0.598. The highest BCUT2D eigenvalue weighted by Crippen LogP contribution is 2.20. The molecule has 13 heavy (non-hydrogen) atoms. The second-order valence-corrected chi connectivity index (χ2v) is 3.35. The minimum Gasteiger partial charge on any atom is -0.394 e. The van der Waals surface area contributed by atoms with Crippen LogP contribution < -0.4 is 5.32 Å². The van der Waals surface area contributed by atoms with Gasteiger partial charge in [0.1, 0.15) is 0 Å². The molecule has 1 aliphatic rings. The highest BCUT2D eigenvalue weighted by molar-refractivity contribution is 5.46. The average Bonchev–Trinajstić information content (AvgIpc) is 2.17. The van der Waals surface area contributed by atoms with E-state index < -0.39 is 0 Å². The first kappa shape index (κ1) is 10.5. The van der Waals surface area contributed by atoms with Gasteiger partial charge < -0.3 is 15.2 Å². The summed E-state index contributed by atoms with van der Waals surface area (Å²) in [4.78, 5) is 10.2. The molecule has 0 aromatic rings. The number of amides is 1. The number of hydrogen-bond acceptors (Lipinski definition) is 3. The van der Waals surface area contributed by atoms with Crippen LogP contribution in [0, 0.1) is 0 Å². The van der Waals surface area contributed by atoms with E-state index in [4.69, 9.17) is 9.84 Å². The van der Waals surface area contributed by atoms with Gasteiger partial charge in [0.25, 0.3) is 0 Å². The van der Waals surface area contributed by atoms with Crippen LogP contribution in [0.1, 0.15) is 25.7 Å². The molecule has 0 heterocycles. The molecule has 0 atom stereocenters. The molecule has 4 heteroatoms. The highest BCUT2D eigenvalue weighted by Gasteiger charge is 2.20. The fourth-order valence-corrected chi connectivity index (χ4v) is 1.71. The maximum absolute atomic E-state index is 10.2. The maximum atomic E-state index is 10.2. The van der Waals surface area contributed by atoms with Gasteiger partial charge in [0.05, 0.1) is 19.3 Å². The largest absolute Gasteiger partial charge is 0.394 e. The normalized spacial score (nSPS) is 28.4.